The highest BCUT2D eigenvalue weighted by Crippen LogP contribution is 2.27. The van der Waals surface area contributed by atoms with E-state index >= 15 is 0 Å². The SMILES string of the molecule is CN1CCCc2cc(CN3CCC[C@H](NC(=O)c4cnccn4)CC3)ccc21. The van der Waals surface area contributed by atoms with Gasteiger partial charge in [-0.05, 0) is 55.8 Å². The van der Waals surface area contributed by atoms with Gasteiger partial charge in [0, 0.05) is 50.8 Å². The number of aromatic nitrogens is 2. The van der Waals surface area contributed by atoms with E-state index in [4.69, 9.17) is 0 Å². The molecule has 1 aromatic carbocycles. The summed E-state index contributed by atoms with van der Waals surface area (Å²) < 4.78 is 0. The number of rotatable bonds is 4. The molecule has 0 bridgehead atoms. The van der Waals surface area contributed by atoms with Crippen molar-refractivity contribution in [3.05, 3.63) is 53.6 Å². The zero-order valence-corrected chi connectivity index (χ0v) is 16.6. The van der Waals surface area contributed by atoms with Gasteiger partial charge in [0.2, 0.25) is 0 Å². The fourth-order valence-electron chi connectivity index (χ4n) is 4.33. The number of amides is 1. The first-order valence-corrected chi connectivity index (χ1v) is 10.3. The molecule has 3 heterocycles. The van der Waals surface area contributed by atoms with Crippen molar-refractivity contribution >= 4 is 11.6 Å². The van der Waals surface area contributed by atoms with E-state index in [2.05, 4.69) is 50.3 Å². The topological polar surface area (TPSA) is 61.4 Å². The van der Waals surface area contributed by atoms with Crippen molar-refractivity contribution < 1.29 is 4.79 Å². The number of aryl methyl sites for hydroxylation is 1. The quantitative estimate of drug-likeness (QED) is 0.885. The van der Waals surface area contributed by atoms with Crippen LogP contribution in [-0.2, 0) is 13.0 Å². The number of carbonyl (C=O) groups excluding carboxylic acids is 1. The van der Waals surface area contributed by atoms with Crippen molar-refractivity contribution in [3.8, 4) is 0 Å². The van der Waals surface area contributed by atoms with Gasteiger partial charge in [-0.1, -0.05) is 12.1 Å². The zero-order valence-electron chi connectivity index (χ0n) is 16.6. The lowest BCUT2D eigenvalue weighted by atomic mass is 9.99. The van der Waals surface area contributed by atoms with Crippen LogP contribution in [0.2, 0.25) is 0 Å². The lowest BCUT2D eigenvalue weighted by molar-refractivity contribution is 0.0927. The molecule has 0 unspecified atom stereocenters. The summed E-state index contributed by atoms with van der Waals surface area (Å²) >= 11 is 0. The summed E-state index contributed by atoms with van der Waals surface area (Å²) in [6.07, 6.45) is 10.2. The highest BCUT2D eigenvalue weighted by Gasteiger charge is 2.20. The van der Waals surface area contributed by atoms with Gasteiger partial charge in [-0.15, -0.1) is 0 Å². The van der Waals surface area contributed by atoms with Crippen LogP contribution in [0.4, 0.5) is 5.69 Å². The van der Waals surface area contributed by atoms with Crippen LogP contribution in [0, 0.1) is 0 Å². The Kier molecular flexibility index (Phi) is 5.86. The molecule has 1 amide bonds. The standard InChI is InChI=1S/C22H29N5O/c1-26-11-2-4-18-14-17(6-7-21(18)26)16-27-12-3-5-19(8-13-27)25-22(28)20-15-23-9-10-24-20/h6-7,9-10,14-15,19H,2-5,8,11-13,16H2,1H3,(H,25,28)/t19-/m0/s1. The van der Waals surface area contributed by atoms with Crippen LogP contribution < -0.4 is 10.2 Å². The first-order valence-electron chi connectivity index (χ1n) is 10.3. The summed E-state index contributed by atoms with van der Waals surface area (Å²) in [6, 6.07) is 7.16. The summed E-state index contributed by atoms with van der Waals surface area (Å²) in [5.41, 5.74) is 4.66. The summed E-state index contributed by atoms with van der Waals surface area (Å²) in [4.78, 5) is 25.3. The minimum absolute atomic E-state index is 0.120. The third-order valence-corrected chi connectivity index (χ3v) is 5.85. The molecule has 1 fully saturated rings. The molecular weight excluding hydrogens is 350 g/mol. The lowest BCUT2D eigenvalue weighted by Crippen LogP contribution is -2.36. The molecule has 2 aromatic rings. The second kappa shape index (κ2) is 8.69. The minimum atomic E-state index is -0.120. The average molecular weight is 380 g/mol. The smallest absolute Gasteiger partial charge is 0.271 e. The van der Waals surface area contributed by atoms with Gasteiger partial charge in [-0.2, -0.15) is 0 Å². The van der Waals surface area contributed by atoms with Gasteiger partial charge in [-0.25, -0.2) is 4.98 Å². The molecule has 6 heteroatoms. The van der Waals surface area contributed by atoms with E-state index in [0.717, 1.165) is 45.4 Å². The Morgan fingerprint density at radius 2 is 2.11 bits per heavy atom. The van der Waals surface area contributed by atoms with E-state index in [0.29, 0.717) is 5.69 Å². The normalized spacial score (nSPS) is 20.3. The van der Waals surface area contributed by atoms with Gasteiger partial charge in [-0.3, -0.25) is 14.7 Å². The highest BCUT2D eigenvalue weighted by atomic mass is 16.1. The van der Waals surface area contributed by atoms with Crippen molar-refractivity contribution in [1.82, 2.24) is 20.2 Å². The van der Waals surface area contributed by atoms with Gasteiger partial charge < -0.3 is 10.2 Å². The number of hydrogen-bond acceptors (Lipinski definition) is 5. The second-order valence-corrected chi connectivity index (χ2v) is 7.96. The highest BCUT2D eigenvalue weighted by molar-refractivity contribution is 5.92. The van der Waals surface area contributed by atoms with E-state index in [1.54, 1.807) is 12.4 Å². The Morgan fingerprint density at radius 1 is 1.18 bits per heavy atom. The molecule has 0 saturated carbocycles. The number of nitrogens with zero attached hydrogens (tertiary/aromatic N) is 4. The molecular formula is C22H29N5O. The van der Waals surface area contributed by atoms with Gasteiger partial charge in [0.15, 0.2) is 0 Å². The Balaban J connectivity index is 1.32. The Bertz CT molecular complexity index is 810. The van der Waals surface area contributed by atoms with Crippen molar-refractivity contribution in [2.75, 3.05) is 31.6 Å². The van der Waals surface area contributed by atoms with Crippen LogP contribution in [0.3, 0.4) is 0 Å². The van der Waals surface area contributed by atoms with E-state index in [-0.39, 0.29) is 11.9 Å². The van der Waals surface area contributed by atoms with Crippen LogP contribution in [0.15, 0.2) is 36.8 Å². The van der Waals surface area contributed by atoms with E-state index in [1.165, 1.54) is 35.9 Å². The first-order chi connectivity index (χ1) is 13.7. The molecule has 2 aliphatic heterocycles. The number of carbonyl (C=O) groups is 1. The third-order valence-electron chi connectivity index (χ3n) is 5.85. The predicted octanol–water partition coefficient (Wildman–Crippen LogP) is 2.64. The lowest BCUT2D eigenvalue weighted by Gasteiger charge is -2.28. The molecule has 1 aromatic heterocycles. The number of likely N-dealkylation sites (tertiary alicyclic amines) is 1. The van der Waals surface area contributed by atoms with Crippen LogP contribution in [0.5, 0.6) is 0 Å². The maximum absolute atomic E-state index is 12.3. The number of nitrogens with one attached hydrogen (secondary N) is 1. The third kappa shape index (κ3) is 4.50. The number of benzene rings is 1. The van der Waals surface area contributed by atoms with E-state index in [1.807, 2.05) is 0 Å². The molecule has 0 spiro atoms. The van der Waals surface area contributed by atoms with Gasteiger partial charge in [0.1, 0.15) is 5.69 Å². The van der Waals surface area contributed by atoms with Crippen molar-refractivity contribution in [2.24, 2.45) is 0 Å². The van der Waals surface area contributed by atoms with Gasteiger partial charge in [0.25, 0.3) is 5.91 Å². The van der Waals surface area contributed by atoms with Gasteiger partial charge >= 0.3 is 0 Å². The molecule has 28 heavy (non-hydrogen) atoms. The van der Waals surface area contributed by atoms with E-state index in [9.17, 15) is 4.79 Å². The van der Waals surface area contributed by atoms with Crippen molar-refractivity contribution in [1.29, 1.82) is 0 Å². The van der Waals surface area contributed by atoms with Crippen LogP contribution in [-0.4, -0.2) is 53.5 Å². The maximum Gasteiger partial charge on any atom is 0.271 e. The Labute approximate surface area is 167 Å². The fourth-order valence-corrected chi connectivity index (χ4v) is 4.33. The zero-order chi connectivity index (χ0) is 19.3. The fraction of sp³-hybridized carbons (Fsp3) is 0.500. The molecule has 0 aliphatic carbocycles. The Morgan fingerprint density at radius 3 is 2.96 bits per heavy atom. The van der Waals surface area contributed by atoms with Crippen LogP contribution in [0.1, 0.15) is 47.3 Å². The summed E-state index contributed by atoms with van der Waals surface area (Å²) in [5.74, 6) is -0.120. The van der Waals surface area contributed by atoms with Crippen LogP contribution >= 0.6 is 0 Å². The molecule has 148 valence electrons. The summed E-state index contributed by atoms with van der Waals surface area (Å²) in [7, 11) is 2.18. The summed E-state index contributed by atoms with van der Waals surface area (Å²) in [5, 5.41) is 3.13. The first kappa shape index (κ1) is 18.9. The molecule has 0 radical (unpaired) electrons. The second-order valence-electron chi connectivity index (χ2n) is 7.96. The molecule has 1 atom stereocenters. The van der Waals surface area contributed by atoms with Crippen molar-refractivity contribution in [2.45, 2.75) is 44.7 Å². The molecule has 1 saturated heterocycles. The number of anilines is 1. The predicted molar refractivity (Wildman–Crippen MR) is 110 cm³/mol. The van der Waals surface area contributed by atoms with Crippen molar-refractivity contribution in [3.63, 3.8) is 0 Å². The largest absolute Gasteiger partial charge is 0.374 e. The minimum Gasteiger partial charge on any atom is -0.374 e. The number of fused-ring (bicyclic) bond motifs is 1. The molecule has 2 aliphatic rings. The Hall–Kier alpha value is -2.47. The maximum atomic E-state index is 12.3. The molecule has 1 N–H and O–H groups in total. The monoisotopic (exact) mass is 379 g/mol. The number of hydrogen-bond donors (Lipinski definition) is 1. The van der Waals surface area contributed by atoms with Crippen LogP contribution in [0.25, 0.3) is 0 Å². The average Bonchev–Trinajstić information content (AvgIpc) is 2.94. The van der Waals surface area contributed by atoms with E-state index < -0.39 is 0 Å². The molecule has 6 nitrogen and oxygen atoms in total. The molecule has 4 rings (SSSR count). The van der Waals surface area contributed by atoms with Gasteiger partial charge in [0.05, 0.1) is 6.20 Å². The summed E-state index contributed by atoms with van der Waals surface area (Å²) in [6.45, 7) is 4.22.